The van der Waals surface area contributed by atoms with Gasteiger partial charge in [0.15, 0.2) is 0 Å². The van der Waals surface area contributed by atoms with Crippen LogP contribution in [-0.4, -0.2) is 41.7 Å². The number of amides is 1. The van der Waals surface area contributed by atoms with Crippen LogP contribution in [0, 0.1) is 17.1 Å². The van der Waals surface area contributed by atoms with Gasteiger partial charge in [-0.2, -0.15) is 5.26 Å². The number of morpholine rings is 1. The molecule has 0 spiro atoms. The van der Waals surface area contributed by atoms with Crippen molar-refractivity contribution in [1.82, 2.24) is 9.47 Å². The SMILES string of the molecule is N#CC(=Cc1cn(Cc2ccc(F)cc2)c2ccccc12)C(=O)N1CCOCC1. The van der Waals surface area contributed by atoms with Crippen LogP contribution in [0.25, 0.3) is 17.0 Å². The number of hydrogen-bond acceptors (Lipinski definition) is 3. The Morgan fingerprint density at radius 3 is 2.59 bits per heavy atom. The molecule has 0 radical (unpaired) electrons. The molecule has 0 aliphatic carbocycles. The highest BCUT2D eigenvalue weighted by Crippen LogP contribution is 2.25. The number of rotatable bonds is 4. The molecule has 29 heavy (non-hydrogen) atoms. The minimum Gasteiger partial charge on any atom is -0.378 e. The quantitative estimate of drug-likeness (QED) is 0.506. The highest BCUT2D eigenvalue weighted by atomic mass is 19.1. The maximum atomic E-state index is 13.2. The van der Waals surface area contributed by atoms with E-state index in [1.54, 1.807) is 23.1 Å². The Morgan fingerprint density at radius 1 is 1.14 bits per heavy atom. The monoisotopic (exact) mass is 389 g/mol. The van der Waals surface area contributed by atoms with Crippen molar-refractivity contribution in [2.24, 2.45) is 0 Å². The van der Waals surface area contributed by atoms with Gasteiger partial charge in [-0.1, -0.05) is 30.3 Å². The van der Waals surface area contributed by atoms with Gasteiger partial charge in [-0.3, -0.25) is 4.79 Å². The van der Waals surface area contributed by atoms with Gasteiger partial charge >= 0.3 is 0 Å². The summed E-state index contributed by atoms with van der Waals surface area (Å²) in [5.74, 6) is -0.541. The van der Waals surface area contributed by atoms with E-state index in [-0.39, 0.29) is 17.3 Å². The summed E-state index contributed by atoms with van der Waals surface area (Å²) in [5, 5.41) is 10.5. The van der Waals surface area contributed by atoms with Crippen molar-refractivity contribution in [2.45, 2.75) is 6.54 Å². The molecule has 1 aromatic heterocycles. The number of nitrogens with zero attached hydrogens (tertiary/aromatic N) is 3. The van der Waals surface area contributed by atoms with E-state index in [2.05, 4.69) is 6.07 Å². The Balaban J connectivity index is 1.69. The summed E-state index contributed by atoms with van der Waals surface area (Å²) in [7, 11) is 0. The maximum Gasteiger partial charge on any atom is 0.264 e. The lowest BCUT2D eigenvalue weighted by atomic mass is 10.1. The van der Waals surface area contributed by atoms with Crippen molar-refractivity contribution in [3.8, 4) is 6.07 Å². The lowest BCUT2D eigenvalue weighted by molar-refractivity contribution is -0.130. The molecule has 146 valence electrons. The summed E-state index contributed by atoms with van der Waals surface area (Å²) < 4.78 is 20.5. The molecule has 2 heterocycles. The molecule has 1 saturated heterocycles. The van der Waals surface area contributed by atoms with E-state index in [0.29, 0.717) is 32.8 Å². The summed E-state index contributed by atoms with van der Waals surface area (Å²) in [6, 6.07) is 16.3. The zero-order valence-corrected chi connectivity index (χ0v) is 15.8. The fraction of sp³-hybridized carbons (Fsp3) is 0.217. The van der Waals surface area contributed by atoms with Crippen molar-refractivity contribution in [3.63, 3.8) is 0 Å². The summed E-state index contributed by atoms with van der Waals surface area (Å²) in [5.41, 5.74) is 2.87. The Hall–Kier alpha value is -3.43. The molecule has 0 unspecified atom stereocenters. The van der Waals surface area contributed by atoms with E-state index in [1.165, 1.54) is 12.1 Å². The normalized spacial score (nSPS) is 14.8. The van der Waals surface area contributed by atoms with Crippen LogP contribution in [0.2, 0.25) is 0 Å². The van der Waals surface area contributed by atoms with Gasteiger partial charge in [0.2, 0.25) is 0 Å². The molecule has 5 nitrogen and oxygen atoms in total. The Morgan fingerprint density at radius 2 is 1.86 bits per heavy atom. The maximum absolute atomic E-state index is 13.2. The lowest BCUT2D eigenvalue weighted by Crippen LogP contribution is -2.41. The first-order chi connectivity index (χ1) is 14.2. The first kappa shape index (κ1) is 18.9. The first-order valence-corrected chi connectivity index (χ1v) is 9.47. The van der Waals surface area contributed by atoms with Crippen molar-refractivity contribution in [1.29, 1.82) is 5.26 Å². The third-order valence-electron chi connectivity index (χ3n) is 5.03. The number of halogens is 1. The second-order valence-electron chi connectivity index (χ2n) is 6.93. The van der Waals surface area contributed by atoms with Crippen LogP contribution in [-0.2, 0) is 16.1 Å². The van der Waals surface area contributed by atoms with E-state index in [9.17, 15) is 14.4 Å². The molecule has 1 fully saturated rings. The van der Waals surface area contributed by atoms with Crippen molar-refractivity contribution in [2.75, 3.05) is 26.3 Å². The van der Waals surface area contributed by atoms with Gasteiger partial charge in [0.05, 0.1) is 13.2 Å². The third kappa shape index (κ3) is 4.05. The minimum atomic E-state index is -0.272. The van der Waals surface area contributed by atoms with Crippen LogP contribution in [0.3, 0.4) is 0 Å². The van der Waals surface area contributed by atoms with E-state index >= 15 is 0 Å². The summed E-state index contributed by atoms with van der Waals surface area (Å²) in [6.45, 7) is 2.52. The summed E-state index contributed by atoms with van der Waals surface area (Å²) in [4.78, 5) is 14.4. The zero-order valence-electron chi connectivity index (χ0n) is 15.8. The van der Waals surface area contributed by atoms with Crippen LogP contribution < -0.4 is 0 Å². The van der Waals surface area contributed by atoms with E-state index < -0.39 is 0 Å². The zero-order chi connectivity index (χ0) is 20.2. The minimum absolute atomic E-state index is 0.108. The predicted octanol–water partition coefficient (Wildman–Crippen LogP) is 3.59. The molecule has 0 bridgehead atoms. The molecule has 3 aromatic rings. The molecule has 0 atom stereocenters. The van der Waals surface area contributed by atoms with Gasteiger partial charge in [-0.05, 0) is 29.8 Å². The Kier molecular flexibility index (Phi) is 5.41. The molecule has 0 saturated carbocycles. The molecular weight excluding hydrogens is 369 g/mol. The van der Waals surface area contributed by atoms with E-state index in [0.717, 1.165) is 22.0 Å². The molecule has 0 N–H and O–H groups in total. The number of ether oxygens (including phenoxy) is 1. The summed E-state index contributed by atoms with van der Waals surface area (Å²) >= 11 is 0. The second kappa shape index (κ2) is 8.29. The Labute approximate surface area is 168 Å². The van der Waals surface area contributed by atoms with E-state index in [4.69, 9.17) is 4.74 Å². The van der Waals surface area contributed by atoms with Crippen LogP contribution in [0.15, 0.2) is 60.3 Å². The smallest absolute Gasteiger partial charge is 0.264 e. The lowest BCUT2D eigenvalue weighted by Gasteiger charge is -2.26. The molecule has 4 rings (SSSR count). The third-order valence-corrected chi connectivity index (χ3v) is 5.03. The number of nitriles is 1. The molecule has 2 aromatic carbocycles. The standard InChI is InChI=1S/C23H20FN3O2/c24-20-7-5-17(6-8-20)15-27-16-19(21-3-1-2-4-22(21)27)13-18(14-25)23(28)26-9-11-29-12-10-26/h1-8,13,16H,9-12,15H2. The summed E-state index contributed by atoms with van der Waals surface area (Å²) in [6.07, 6.45) is 3.58. The molecule has 1 amide bonds. The molecular formula is C23H20FN3O2. The second-order valence-corrected chi connectivity index (χ2v) is 6.93. The molecule has 1 aliphatic rings. The number of carbonyl (C=O) groups excluding carboxylic acids is 1. The van der Waals surface area contributed by atoms with E-state index in [1.807, 2.05) is 35.0 Å². The largest absolute Gasteiger partial charge is 0.378 e. The average Bonchev–Trinajstić information content (AvgIpc) is 3.11. The highest BCUT2D eigenvalue weighted by Gasteiger charge is 2.21. The number of para-hydroxylation sites is 1. The van der Waals surface area contributed by atoms with Crippen molar-refractivity contribution in [3.05, 3.63) is 77.2 Å². The number of benzene rings is 2. The van der Waals surface area contributed by atoms with Crippen LogP contribution >= 0.6 is 0 Å². The van der Waals surface area contributed by atoms with Gasteiger partial charge in [0.25, 0.3) is 5.91 Å². The fourth-order valence-electron chi connectivity index (χ4n) is 3.54. The van der Waals surface area contributed by atoms with Crippen LogP contribution in [0.1, 0.15) is 11.1 Å². The van der Waals surface area contributed by atoms with Gasteiger partial charge in [0, 0.05) is 42.3 Å². The number of fused-ring (bicyclic) bond motifs is 1. The first-order valence-electron chi connectivity index (χ1n) is 9.47. The predicted molar refractivity (Wildman–Crippen MR) is 108 cm³/mol. The van der Waals surface area contributed by atoms with Gasteiger partial charge in [-0.25, -0.2) is 4.39 Å². The van der Waals surface area contributed by atoms with Crippen LogP contribution in [0.4, 0.5) is 4.39 Å². The average molecular weight is 389 g/mol. The molecule has 6 heteroatoms. The molecule has 1 aliphatic heterocycles. The Bertz CT molecular complexity index is 1100. The van der Waals surface area contributed by atoms with Crippen molar-refractivity contribution < 1.29 is 13.9 Å². The van der Waals surface area contributed by atoms with Gasteiger partial charge in [-0.15, -0.1) is 0 Å². The van der Waals surface area contributed by atoms with Gasteiger partial charge < -0.3 is 14.2 Å². The van der Waals surface area contributed by atoms with Crippen molar-refractivity contribution >= 4 is 22.9 Å². The number of aromatic nitrogens is 1. The number of carbonyl (C=O) groups is 1. The highest BCUT2D eigenvalue weighted by molar-refractivity contribution is 6.04. The van der Waals surface area contributed by atoms with Crippen LogP contribution in [0.5, 0.6) is 0 Å². The fourth-order valence-corrected chi connectivity index (χ4v) is 3.54. The topological polar surface area (TPSA) is 58.3 Å². The van der Waals surface area contributed by atoms with Gasteiger partial charge in [0.1, 0.15) is 17.5 Å². The number of hydrogen-bond donors (Lipinski definition) is 0.